The number of hydrogen-bond acceptors (Lipinski definition) is 1. The Labute approximate surface area is 93.9 Å². The highest BCUT2D eigenvalue weighted by molar-refractivity contribution is 5.53. The van der Waals surface area contributed by atoms with E-state index in [1.165, 1.54) is 29.7 Å². The molecule has 0 amide bonds. The van der Waals surface area contributed by atoms with Crippen LogP contribution in [0.2, 0.25) is 0 Å². The zero-order valence-corrected chi connectivity index (χ0v) is 10.4. The third kappa shape index (κ3) is 3.94. The molecule has 1 aromatic carbocycles. The molecule has 0 unspecified atom stereocenters. The van der Waals surface area contributed by atoms with E-state index in [4.69, 9.17) is 0 Å². The molecule has 1 N–H and O–H groups in total. The van der Waals surface area contributed by atoms with Gasteiger partial charge in [0.2, 0.25) is 0 Å². The fraction of sp³-hybridized carbons (Fsp3) is 0.571. The Hall–Kier alpha value is -0.980. The lowest BCUT2D eigenvalue weighted by Crippen LogP contribution is -2.04. The van der Waals surface area contributed by atoms with Crippen molar-refractivity contribution in [3.63, 3.8) is 0 Å². The molecule has 84 valence electrons. The van der Waals surface area contributed by atoms with Crippen molar-refractivity contribution in [2.45, 2.75) is 40.5 Å². The molecular weight excluding hydrogens is 182 g/mol. The highest BCUT2D eigenvalue weighted by Crippen LogP contribution is 2.18. The van der Waals surface area contributed by atoms with Crippen LogP contribution >= 0.6 is 0 Å². The van der Waals surface area contributed by atoms with E-state index in [1.54, 1.807) is 0 Å². The summed E-state index contributed by atoms with van der Waals surface area (Å²) in [7, 11) is 0. The van der Waals surface area contributed by atoms with Crippen LogP contribution < -0.4 is 5.32 Å². The maximum absolute atomic E-state index is 3.51. The summed E-state index contributed by atoms with van der Waals surface area (Å²) in [5.41, 5.74) is 4.03. The van der Waals surface area contributed by atoms with Crippen molar-refractivity contribution in [3.05, 3.63) is 29.3 Å². The van der Waals surface area contributed by atoms with Crippen LogP contribution in [0.4, 0.5) is 5.69 Å². The zero-order chi connectivity index (χ0) is 11.3. The molecule has 0 atom stereocenters. The monoisotopic (exact) mass is 205 g/mol. The normalized spacial score (nSPS) is 10.7. The second kappa shape index (κ2) is 5.79. The van der Waals surface area contributed by atoms with Crippen molar-refractivity contribution in [2.75, 3.05) is 11.9 Å². The predicted octanol–water partition coefficient (Wildman–Crippen LogP) is 4.15. The first kappa shape index (κ1) is 12.1. The molecule has 0 spiro atoms. The standard InChI is InChI=1S/C14H23N/c1-11(2)7-6-10-15-14-9-5-8-12(3)13(14)4/h5,8-9,11,15H,6-7,10H2,1-4H3. The van der Waals surface area contributed by atoms with Gasteiger partial charge in [0.15, 0.2) is 0 Å². The van der Waals surface area contributed by atoms with Crippen molar-refractivity contribution >= 4 is 5.69 Å². The van der Waals surface area contributed by atoms with Crippen LogP contribution in [-0.2, 0) is 0 Å². The highest BCUT2D eigenvalue weighted by Gasteiger charge is 1.99. The van der Waals surface area contributed by atoms with Gasteiger partial charge in [-0.25, -0.2) is 0 Å². The van der Waals surface area contributed by atoms with Gasteiger partial charge in [-0.1, -0.05) is 26.0 Å². The van der Waals surface area contributed by atoms with Crippen molar-refractivity contribution in [3.8, 4) is 0 Å². The summed E-state index contributed by atoms with van der Waals surface area (Å²) >= 11 is 0. The maximum atomic E-state index is 3.51. The van der Waals surface area contributed by atoms with Gasteiger partial charge in [0.25, 0.3) is 0 Å². The molecule has 0 aliphatic rings. The fourth-order valence-electron chi connectivity index (χ4n) is 1.68. The van der Waals surface area contributed by atoms with Crippen LogP contribution in [0.5, 0.6) is 0 Å². The first-order chi connectivity index (χ1) is 7.11. The minimum atomic E-state index is 0.811. The Balaban J connectivity index is 2.41. The van der Waals surface area contributed by atoms with E-state index >= 15 is 0 Å². The number of hydrogen-bond donors (Lipinski definition) is 1. The lowest BCUT2D eigenvalue weighted by molar-refractivity contribution is 0.567. The molecule has 0 aromatic heterocycles. The van der Waals surface area contributed by atoms with Gasteiger partial charge in [-0.2, -0.15) is 0 Å². The number of aryl methyl sites for hydroxylation is 1. The molecular formula is C14H23N. The van der Waals surface area contributed by atoms with Crippen molar-refractivity contribution < 1.29 is 0 Å². The summed E-state index contributed by atoms with van der Waals surface area (Å²) in [6.07, 6.45) is 2.56. The molecule has 0 saturated carbocycles. The van der Waals surface area contributed by atoms with Gasteiger partial charge in [-0.15, -0.1) is 0 Å². The highest BCUT2D eigenvalue weighted by atomic mass is 14.9. The van der Waals surface area contributed by atoms with E-state index < -0.39 is 0 Å². The van der Waals surface area contributed by atoms with Crippen LogP contribution in [0.3, 0.4) is 0 Å². The smallest absolute Gasteiger partial charge is 0.0372 e. The Morgan fingerprint density at radius 2 is 1.93 bits per heavy atom. The van der Waals surface area contributed by atoms with E-state index in [0.717, 1.165) is 12.5 Å². The average Bonchev–Trinajstić information content (AvgIpc) is 2.18. The molecule has 1 heteroatoms. The number of nitrogens with one attached hydrogen (secondary N) is 1. The van der Waals surface area contributed by atoms with Gasteiger partial charge in [0.05, 0.1) is 0 Å². The first-order valence-electron chi connectivity index (χ1n) is 5.91. The molecule has 0 heterocycles. The van der Waals surface area contributed by atoms with Gasteiger partial charge in [0.1, 0.15) is 0 Å². The summed E-state index contributed by atoms with van der Waals surface area (Å²) in [5, 5.41) is 3.51. The van der Waals surface area contributed by atoms with Crippen LogP contribution in [0.1, 0.15) is 37.8 Å². The molecule has 15 heavy (non-hydrogen) atoms. The molecule has 0 saturated heterocycles. The van der Waals surface area contributed by atoms with Gasteiger partial charge in [0, 0.05) is 12.2 Å². The Morgan fingerprint density at radius 1 is 1.20 bits per heavy atom. The predicted molar refractivity (Wildman–Crippen MR) is 68.5 cm³/mol. The second-order valence-corrected chi connectivity index (χ2v) is 4.71. The topological polar surface area (TPSA) is 12.0 Å². The molecule has 1 aromatic rings. The van der Waals surface area contributed by atoms with Crippen LogP contribution in [0.15, 0.2) is 18.2 Å². The Kier molecular flexibility index (Phi) is 4.67. The molecule has 0 fully saturated rings. The number of anilines is 1. The largest absolute Gasteiger partial charge is 0.385 e. The van der Waals surface area contributed by atoms with E-state index in [2.05, 4.69) is 51.2 Å². The first-order valence-corrected chi connectivity index (χ1v) is 5.91. The minimum Gasteiger partial charge on any atom is -0.385 e. The third-order valence-electron chi connectivity index (χ3n) is 2.88. The fourth-order valence-corrected chi connectivity index (χ4v) is 1.68. The van der Waals surface area contributed by atoms with Gasteiger partial charge in [-0.3, -0.25) is 0 Å². The lowest BCUT2D eigenvalue weighted by atomic mass is 10.1. The number of benzene rings is 1. The lowest BCUT2D eigenvalue weighted by Gasteiger charge is -2.11. The molecule has 0 bridgehead atoms. The zero-order valence-electron chi connectivity index (χ0n) is 10.4. The summed E-state index contributed by atoms with van der Waals surface area (Å²) in [6.45, 7) is 9.98. The van der Waals surface area contributed by atoms with E-state index in [1.807, 2.05) is 0 Å². The Bertz CT molecular complexity index is 302. The summed E-state index contributed by atoms with van der Waals surface area (Å²) < 4.78 is 0. The summed E-state index contributed by atoms with van der Waals surface area (Å²) in [5.74, 6) is 0.811. The van der Waals surface area contributed by atoms with Crippen molar-refractivity contribution in [2.24, 2.45) is 5.92 Å². The quantitative estimate of drug-likeness (QED) is 0.712. The SMILES string of the molecule is Cc1cccc(NCCCC(C)C)c1C. The van der Waals surface area contributed by atoms with E-state index in [9.17, 15) is 0 Å². The molecule has 1 rings (SSSR count). The number of rotatable bonds is 5. The van der Waals surface area contributed by atoms with Crippen LogP contribution in [-0.4, -0.2) is 6.54 Å². The van der Waals surface area contributed by atoms with Crippen LogP contribution in [0, 0.1) is 19.8 Å². The minimum absolute atomic E-state index is 0.811. The summed E-state index contributed by atoms with van der Waals surface area (Å²) in [6, 6.07) is 6.44. The second-order valence-electron chi connectivity index (χ2n) is 4.71. The van der Waals surface area contributed by atoms with Crippen molar-refractivity contribution in [1.29, 1.82) is 0 Å². The van der Waals surface area contributed by atoms with Gasteiger partial charge in [-0.05, 0) is 49.8 Å². The third-order valence-corrected chi connectivity index (χ3v) is 2.88. The van der Waals surface area contributed by atoms with Gasteiger partial charge >= 0.3 is 0 Å². The van der Waals surface area contributed by atoms with Crippen molar-refractivity contribution in [1.82, 2.24) is 0 Å². The van der Waals surface area contributed by atoms with Gasteiger partial charge < -0.3 is 5.32 Å². The maximum Gasteiger partial charge on any atom is 0.0372 e. The summed E-state index contributed by atoms with van der Waals surface area (Å²) in [4.78, 5) is 0. The molecule has 1 nitrogen and oxygen atoms in total. The molecule has 0 aliphatic carbocycles. The Morgan fingerprint density at radius 3 is 2.60 bits per heavy atom. The average molecular weight is 205 g/mol. The van der Waals surface area contributed by atoms with Crippen LogP contribution in [0.25, 0.3) is 0 Å². The van der Waals surface area contributed by atoms with E-state index in [0.29, 0.717) is 0 Å². The van der Waals surface area contributed by atoms with E-state index in [-0.39, 0.29) is 0 Å². The molecule has 0 aliphatic heterocycles. The molecule has 0 radical (unpaired) electrons.